The number of amides is 1. The molecule has 0 unspecified atom stereocenters. The summed E-state index contributed by atoms with van der Waals surface area (Å²) in [5.74, 6) is 0.954. The van der Waals surface area contributed by atoms with Gasteiger partial charge in [-0.25, -0.2) is 0 Å². The summed E-state index contributed by atoms with van der Waals surface area (Å²) in [5.41, 5.74) is 2.17. The molecule has 0 saturated carbocycles. The normalized spacial score (nSPS) is 25.9. The lowest BCUT2D eigenvalue weighted by atomic mass is 10.1. The summed E-state index contributed by atoms with van der Waals surface area (Å²) in [6, 6.07) is 19.9. The Hall–Kier alpha value is -1.86. The maximum atomic E-state index is 13.3. The van der Waals surface area contributed by atoms with Crippen LogP contribution in [0.3, 0.4) is 0 Å². The van der Waals surface area contributed by atoms with Crippen LogP contribution in [0.1, 0.15) is 23.7 Å². The molecule has 2 fully saturated rings. The predicted molar refractivity (Wildman–Crippen MR) is 114 cm³/mol. The number of hydrogen-bond acceptors (Lipinski definition) is 5. The van der Waals surface area contributed by atoms with Crippen LogP contribution in [-0.4, -0.2) is 54.4 Å². The molecule has 2 heterocycles. The molecule has 0 radical (unpaired) electrons. The van der Waals surface area contributed by atoms with Gasteiger partial charge in [-0.2, -0.15) is 11.8 Å². The van der Waals surface area contributed by atoms with Crippen LogP contribution in [0.15, 0.2) is 60.7 Å². The molecule has 0 aliphatic carbocycles. The first-order valence-electron chi connectivity index (χ1n) is 10.0. The molecule has 154 valence electrons. The molecule has 1 amide bonds. The van der Waals surface area contributed by atoms with Crippen molar-refractivity contribution < 1.29 is 19.0 Å². The van der Waals surface area contributed by atoms with Crippen molar-refractivity contribution in [1.29, 1.82) is 0 Å². The maximum Gasteiger partial charge on any atom is 0.257 e. The lowest BCUT2D eigenvalue weighted by Crippen LogP contribution is -2.46. The number of rotatable bonds is 9. The Labute approximate surface area is 176 Å². The molecular weight excluding hydrogens is 386 g/mol. The van der Waals surface area contributed by atoms with Gasteiger partial charge in [-0.15, -0.1) is 0 Å². The summed E-state index contributed by atoms with van der Waals surface area (Å²) in [6.45, 7) is 1.49. The molecule has 2 aromatic carbocycles. The van der Waals surface area contributed by atoms with Gasteiger partial charge in [0.25, 0.3) is 5.91 Å². The summed E-state index contributed by atoms with van der Waals surface area (Å²) in [5, 5.41) is 0. The monoisotopic (exact) mass is 413 g/mol. The minimum Gasteiger partial charge on any atom is -0.375 e. The van der Waals surface area contributed by atoms with Gasteiger partial charge in [0, 0.05) is 6.42 Å². The summed E-state index contributed by atoms with van der Waals surface area (Å²) < 4.78 is 17.7. The number of carbonyl (C=O) groups is 1. The number of epoxide rings is 1. The number of thioether (sulfide) groups is 1. The van der Waals surface area contributed by atoms with E-state index in [9.17, 15) is 4.79 Å². The van der Waals surface area contributed by atoms with Crippen molar-refractivity contribution >= 4 is 17.7 Å². The summed E-state index contributed by atoms with van der Waals surface area (Å²) in [4.78, 5) is 15.1. The van der Waals surface area contributed by atoms with Crippen LogP contribution in [0.25, 0.3) is 0 Å². The van der Waals surface area contributed by atoms with Gasteiger partial charge < -0.3 is 19.1 Å². The molecule has 2 aliphatic heterocycles. The van der Waals surface area contributed by atoms with Crippen molar-refractivity contribution in [3.05, 3.63) is 71.8 Å². The van der Waals surface area contributed by atoms with Gasteiger partial charge in [0.1, 0.15) is 12.3 Å². The topological polar surface area (TPSA) is 51.3 Å². The van der Waals surface area contributed by atoms with Crippen molar-refractivity contribution in [2.45, 2.75) is 37.5 Å². The molecule has 4 rings (SSSR count). The molecule has 0 N–H and O–H groups in total. The molecule has 0 bridgehead atoms. The second-order valence-electron chi connectivity index (χ2n) is 7.36. The van der Waals surface area contributed by atoms with Gasteiger partial charge in [-0.3, -0.25) is 4.79 Å². The summed E-state index contributed by atoms with van der Waals surface area (Å²) in [7, 11) is 0. The largest absolute Gasteiger partial charge is 0.375 e. The molecule has 0 aromatic heterocycles. The predicted octanol–water partition coefficient (Wildman–Crippen LogP) is 3.65. The van der Waals surface area contributed by atoms with Crippen LogP contribution in [-0.2, 0) is 25.6 Å². The highest BCUT2D eigenvalue weighted by atomic mass is 32.2. The zero-order chi connectivity index (χ0) is 20.1. The van der Waals surface area contributed by atoms with Gasteiger partial charge >= 0.3 is 0 Å². The second-order valence-corrected chi connectivity index (χ2v) is 8.34. The fraction of sp³-hybridized carbons (Fsp3) is 0.435. The zero-order valence-electron chi connectivity index (χ0n) is 16.6. The highest BCUT2D eigenvalue weighted by Gasteiger charge is 2.51. The number of benzene rings is 2. The fourth-order valence-corrected chi connectivity index (χ4v) is 4.18. The third-order valence-corrected chi connectivity index (χ3v) is 5.94. The minimum atomic E-state index is -0.424. The van der Waals surface area contributed by atoms with Crippen molar-refractivity contribution in [3.63, 3.8) is 0 Å². The number of nitrogens with zero attached hydrogens (tertiary/aromatic N) is 1. The molecule has 6 heteroatoms. The first-order valence-corrected chi connectivity index (χ1v) is 11.4. The van der Waals surface area contributed by atoms with E-state index in [1.54, 1.807) is 11.8 Å². The van der Waals surface area contributed by atoms with E-state index in [1.807, 2.05) is 65.6 Å². The Morgan fingerprint density at radius 3 is 2.59 bits per heavy atom. The Balaban J connectivity index is 1.39. The molecular formula is C23H27NO4S. The van der Waals surface area contributed by atoms with E-state index in [4.69, 9.17) is 14.2 Å². The zero-order valence-corrected chi connectivity index (χ0v) is 17.4. The standard InChI is InChI=1S/C23H27NO4S/c1-29-13-12-20-24(23(25)22-21(28-22)18-10-6-3-7-11-18)19(16-27-20)15-26-14-17-8-4-2-5-9-17/h2-11,19-22H,12-16H2,1H3/t19-,20+,21+,22-/m0/s1. The van der Waals surface area contributed by atoms with Gasteiger partial charge in [-0.05, 0) is 23.1 Å². The molecule has 2 aromatic rings. The molecule has 2 aliphatic rings. The van der Waals surface area contributed by atoms with E-state index in [1.165, 1.54) is 0 Å². The van der Waals surface area contributed by atoms with Gasteiger partial charge in [0.2, 0.25) is 0 Å². The van der Waals surface area contributed by atoms with Crippen molar-refractivity contribution in [1.82, 2.24) is 4.90 Å². The lowest BCUT2D eigenvalue weighted by Gasteiger charge is -2.27. The highest BCUT2D eigenvalue weighted by molar-refractivity contribution is 7.98. The van der Waals surface area contributed by atoms with Gasteiger partial charge in [0.15, 0.2) is 6.10 Å². The highest BCUT2D eigenvalue weighted by Crippen LogP contribution is 2.41. The quantitative estimate of drug-likeness (QED) is 0.588. The average molecular weight is 414 g/mol. The van der Waals surface area contributed by atoms with E-state index in [-0.39, 0.29) is 24.3 Å². The van der Waals surface area contributed by atoms with Crippen LogP contribution in [0.2, 0.25) is 0 Å². The number of hydrogen-bond donors (Lipinski definition) is 0. The van der Waals surface area contributed by atoms with E-state index in [2.05, 4.69) is 6.26 Å². The molecule has 5 nitrogen and oxygen atoms in total. The van der Waals surface area contributed by atoms with Crippen LogP contribution in [0.4, 0.5) is 0 Å². The van der Waals surface area contributed by atoms with E-state index >= 15 is 0 Å². The lowest BCUT2D eigenvalue weighted by molar-refractivity contribution is -0.140. The SMILES string of the molecule is CSCC[C@H]1OC[C@H](COCc2ccccc2)N1C(=O)[C@H]1O[C@@H]1c1ccccc1. The molecule has 4 atom stereocenters. The molecule has 29 heavy (non-hydrogen) atoms. The summed E-state index contributed by atoms with van der Waals surface area (Å²) in [6.07, 6.45) is 2.09. The first kappa shape index (κ1) is 20.4. The number of carbonyl (C=O) groups excluding carboxylic acids is 1. The smallest absolute Gasteiger partial charge is 0.257 e. The minimum absolute atomic E-state index is 0.00997. The van der Waals surface area contributed by atoms with Crippen molar-refractivity contribution in [3.8, 4) is 0 Å². The Bertz CT molecular complexity index is 788. The first-order chi connectivity index (χ1) is 14.3. The Morgan fingerprint density at radius 2 is 1.86 bits per heavy atom. The molecule has 2 saturated heterocycles. The van der Waals surface area contributed by atoms with E-state index in [0.717, 1.165) is 23.3 Å². The van der Waals surface area contributed by atoms with Crippen LogP contribution >= 0.6 is 11.8 Å². The van der Waals surface area contributed by atoms with Crippen LogP contribution in [0, 0.1) is 0 Å². The average Bonchev–Trinajstić information content (AvgIpc) is 3.47. The summed E-state index contributed by atoms with van der Waals surface area (Å²) >= 11 is 1.76. The molecule has 0 spiro atoms. The Morgan fingerprint density at radius 1 is 1.14 bits per heavy atom. The van der Waals surface area contributed by atoms with E-state index in [0.29, 0.717) is 19.8 Å². The van der Waals surface area contributed by atoms with Crippen LogP contribution < -0.4 is 0 Å². The van der Waals surface area contributed by atoms with Crippen LogP contribution in [0.5, 0.6) is 0 Å². The van der Waals surface area contributed by atoms with Gasteiger partial charge in [0.05, 0.1) is 25.9 Å². The van der Waals surface area contributed by atoms with E-state index < -0.39 is 6.10 Å². The third-order valence-electron chi connectivity index (χ3n) is 5.29. The van der Waals surface area contributed by atoms with Gasteiger partial charge in [-0.1, -0.05) is 60.7 Å². The van der Waals surface area contributed by atoms with Crippen molar-refractivity contribution in [2.24, 2.45) is 0 Å². The fourth-order valence-electron chi connectivity index (χ4n) is 3.74. The maximum absolute atomic E-state index is 13.3. The number of ether oxygens (including phenoxy) is 3. The Kier molecular flexibility index (Phi) is 6.87. The van der Waals surface area contributed by atoms with Crippen molar-refractivity contribution in [2.75, 3.05) is 25.2 Å². The second kappa shape index (κ2) is 9.76. The third kappa shape index (κ3) is 5.01.